The summed E-state index contributed by atoms with van der Waals surface area (Å²) in [6.45, 7) is 0.337. The van der Waals surface area contributed by atoms with Gasteiger partial charge in [0.15, 0.2) is 11.5 Å². The Morgan fingerprint density at radius 3 is 2.74 bits per heavy atom. The summed E-state index contributed by atoms with van der Waals surface area (Å²) >= 11 is 0. The van der Waals surface area contributed by atoms with E-state index in [4.69, 9.17) is 14.2 Å². The number of ether oxygens (including phenoxy) is 3. The highest BCUT2D eigenvalue weighted by Crippen LogP contribution is 2.32. The van der Waals surface area contributed by atoms with Crippen molar-refractivity contribution in [2.45, 2.75) is 12.1 Å². The number of benzene rings is 2. The topological polar surface area (TPSA) is 106 Å². The molecular formula is C22H17N3O6. The number of rotatable bonds is 3. The average molecular weight is 419 g/mol. The minimum Gasteiger partial charge on any atom is -0.497 e. The first-order chi connectivity index (χ1) is 15.0. The van der Waals surface area contributed by atoms with E-state index in [1.807, 2.05) is 6.07 Å². The fourth-order valence-electron chi connectivity index (χ4n) is 3.76. The van der Waals surface area contributed by atoms with Crippen LogP contribution in [0.1, 0.15) is 21.5 Å². The lowest BCUT2D eigenvalue weighted by molar-refractivity contribution is -0.122. The lowest BCUT2D eigenvalue weighted by Crippen LogP contribution is -2.54. The summed E-state index contributed by atoms with van der Waals surface area (Å²) in [5.74, 6) is 6.66. The number of nitrogens with zero attached hydrogens (tertiary/aromatic N) is 1. The highest BCUT2D eigenvalue weighted by molar-refractivity contribution is 6.10. The fraction of sp³-hybridized carbons (Fsp3) is 0.227. The number of nitrogens with one attached hydrogen (secondary N) is 2. The molecule has 0 saturated carbocycles. The van der Waals surface area contributed by atoms with Crippen molar-refractivity contribution >= 4 is 17.8 Å². The van der Waals surface area contributed by atoms with Crippen molar-refractivity contribution in [3.63, 3.8) is 0 Å². The summed E-state index contributed by atoms with van der Waals surface area (Å²) in [5.41, 5.74) is 0.325. The number of urea groups is 1. The maximum atomic E-state index is 12.9. The number of carbonyl (C=O) groups is 3. The molecule has 2 aromatic rings. The Hall–Kier alpha value is -4.19. The zero-order valence-electron chi connectivity index (χ0n) is 16.5. The second kappa shape index (κ2) is 6.95. The van der Waals surface area contributed by atoms with Gasteiger partial charge in [-0.05, 0) is 35.9 Å². The first kappa shape index (κ1) is 18.8. The molecule has 2 aromatic carbocycles. The third-order valence-electron chi connectivity index (χ3n) is 5.36. The van der Waals surface area contributed by atoms with Crippen LogP contribution in [0.15, 0.2) is 36.4 Å². The van der Waals surface area contributed by atoms with E-state index in [0.717, 1.165) is 5.56 Å². The van der Waals surface area contributed by atoms with Gasteiger partial charge in [0.1, 0.15) is 5.75 Å². The van der Waals surface area contributed by atoms with E-state index in [0.29, 0.717) is 34.9 Å². The van der Waals surface area contributed by atoms with Gasteiger partial charge in [-0.2, -0.15) is 0 Å². The number of fused-ring (bicyclic) bond motifs is 2. The Balaban J connectivity index is 1.45. The zero-order chi connectivity index (χ0) is 21.6. The molecule has 3 heterocycles. The van der Waals surface area contributed by atoms with Crippen LogP contribution in [0, 0.1) is 11.8 Å². The highest BCUT2D eigenvalue weighted by Gasteiger charge is 2.48. The second-order valence-corrected chi connectivity index (χ2v) is 7.32. The van der Waals surface area contributed by atoms with Crippen molar-refractivity contribution in [2.24, 2.45) is 0 Å². The maximum absolute atomic E-state index is 12.9. The monoisotopic (exact) mass is 419 g/mol. The summed E-state index contributed by atoms with van der Waals surface area (Å²) in [6.07, 6.45) is 0. The predicted molar refractivity (Wildman–Crippen MR) is 107 cm³/mol. The summed E-state index contributed by atoms with van der Waals surface area (Å²) in [7, 11) is 1.53. The van der Waals surface area contributed by atoms with Crippen LogP contribution in [0.2, 0.25) is 0 Å². The second-order valence-electron chi connectivity index (χ2n) is 7.32. The Bertz CT molecular complexity index is 1200. The molecule has 0 spiro atoms. The van der Waals surface area contributed by atoms with Gasteiger partial charge in [-0.1, -0.05) is 17.9 Å². The Kier molecular flexibility index (Phi) is 4.22. The minimum absolute atomic E-state index is 0.0993. The molecule has 0 aliphatic carbocycles. The van der Waals surface area contributed by atoms with Gasteiger partial charge in [-0.25, -0.2) is 4.79 Å². The van der Waals surface area contributed by atoms with Gasteiger partial charge in [-0.3, -0.25) is 14.9 Å². The molecule has 0 bridgehead atoms. The lowest BCUT2D eigenvalue weighted by atomic mass is 9.99. The van der Waals surface area contributed by atoms with E-state index in [1.165, 1.54) is 12.0 Å². The number of amides is 4. The van der Waals surface area contributed by atoms with Gasteiger partial charge in [0.2, 0.25) is 12.3 Å². The number of imide groups is 1. The molecule has 1 fully saturated rings. The van der Waals surface area contributed by atoms with Crippen LogP contribution in [0.4, 0.5) is 4.79 Å². The standard InChI is InChI=1S/C22H17N3O6/c1-29-15-4-3-14-10-25(19(26)16(14)9-15)11-22(20(27)23-21(28)24-22)7-6-13-2-5-17-18(8-13)31-12-30-17/h2-5,8-9H,10-12H2,1H3,(H2,23,24,27,28)/t22-/m1/s1. The molecule has 1 atom stereocenters. The third-order valence-corrected chi connectivity index (χ3v) is 5.36. The zero-order valence-corrected chi connectivity index (χ0v) is 16.5. The Labute approximate surface area is 177 Å². The summed E-state index contributed by atoms with van der Waals surface area (Å²) in [5, 5.41) is 4.81. The smallest absolute Gasteiger partial charge is 0.323 e. The summed E-state index contributed by atoms with van der Waals surface area (Å²) in [6, 6.07) is 9.73. The molecule has 156 valence electrons. The van der Waals surface area contributed by atoms with Gasteiger partial charge in [0.05, 0.1) is 13.7 Å². The van der Waals surface area contributed by atoms with Crippen molar-refractivity contribution < 1.29 is 28.6 Å². The number of methoxy groups -OCH3 is 1. The first-order valence-corrected chi connectivity index (χ1v) is 9.50. The Morgan fingerprint density at radius 2 is 1.97 bits per heavy atom. The van der Waals surface area contributed by atoms with E-state index in [1.54, 1.807) is 30.3 Å². The predicted octanol–water partition coefficient (Wildman–Crippen LogP) is 1.01. The fourth-order valence-corrected chi connectivity index (χ4v) is 3.76. The quantitative estimate of drug-likeness (QED) is 0.568. The highest BCUT2D eigenvalue weighted by atomic mass is 16.7. The van der Waals surface area contributed by atoms with E-state index in [-0.39, 0.29) is 19.2 Å². The summed E-state index contributed by atoms with van der Waals surface area (Å²) < 4.78 is 15.8. The normalized spacial score (nSPS) is 20.7. The van der Waals surface area contributed by atoms with Crippen LogP contribution < -0.4 is 24.8 Å². The minimum atomic E-state index is -1.57. The molecule has 2 N–H and O–H groups in total. The number of hydrogen-bond donors (Lipinski definition) is 2. The van der Waals surface area contributed by atoms with Crippen LogP contribution >= 0.6 is 0 Å². The van der Waals surface area contributed by atoms with E-state index < -0.39 is 17.5 Å². The van der Waals surface area contributed by atoms with Crippen LogP contribution in [-0.2, 0) is 11.3 Å². The van der Waals surface area contributed by atoms with Crippen molar-refractivity contribution in [1.82, 2.24) is 15.5 Å². The van der Waals surface area contributed by atoms with Crippen LogP contribution in [-0.4, -0.2) is 48.7 Å². The van der Waals surface area contributed by atoms with Gasteiger partial charge >= 0.3 is 6.03 Å². The average Bonchev–Trinajstić information content (AvgIpc) is 3.43. The number of carbonyl (C=O) groups excluding carboxylic acids is 3. The van der Waals surface area contributed by atoms with Crippen LogP contribution in [0.3, 0.4) is 0 Å². The largest absolute Gasteiger partial charge is 0.497 e. The van der Waals surface area contributed by atoms with E-state index >= 15 is 0 Å². The maximum Gasteiger partial charge on any atom is 0.323 e. The van der Waals surface area contributed by atoms with E-state index in [9.17, 15) is 14.4 Å². The van der Waals surface area contributed by atoms with Crippen molar-refractivity contribution in [3.8, 4) is 29.1 Å². The van der Waals surface area contributed by atoms with Crippen LogP contribution in [0.5, 0.6) is 17.2 Å². The van der Waals surface area contributed by atoms with Gasteiger partial charge < -0.3 is 24.4 Å². The molecule has 3 aliphatic heterocycles. The molecule has 31 heavy (non-hydrogen) atoms. The van der Waals surface area contributed by atoms with Crippen LogP contribution in [0.25, 0.3) is 0 Å². The lowest BCUT2D eigenvalue weighted by Gasteiger charge is -2.26. The van der Waals surface area contributed by atoms with Crippen molar-refractivity contribution in [3.05, 3.63) is 53.1 Å². The molecule has 0 unspecified atom stereocenters. The molecular weight excluding hydrogens is 402 g/mol. The molecule has 9 heteroatoms. The summed E-state index contributed by atoms with van der Waals surface area (Å²) in [4.78, 5) is 39.0. The molecule has 3 aliphatic rings. The molecule has 4 amide bonds. The van der Waals surface area contributed by atoms with Gasteiger partial charge in [0, 0.05) is 17.7 Å². The molecule has 0 aromatic heterocycles. The van der Waals surface area contributed by atoms with Crippen molar-refractivity contribution in [1.29, 1.82) is 0 Å². The third kappa shape index (κ3) is 3.18. The van der Waals surface area contributed by atoms with E-state index in [2.05, 4.69) is 22.5 Å². The molecule has 5 rings (SSSR count). The first-order valence-electron chi connectivity index (χ1n) is 9.50. The van der Waals surface area contributed by atoms with Crippen molar-refractivity contribution in [2.75, 3.05) is 20.4 Å². The molecule has 9 nitrogen and oxygen atoms in total. The molecule has 0 radical (unpaired) electrons. The van der Waals surface area contributed by atoms with Gasteiger partial charge in [-0.15, -0.1) is 0 Å². The molecule has 1 saturated heterocycles. The Morgan fingerprint density at radius 1 is 1.13 bits per heavy atom. The van der Waals surface area contributed by atoms with Gasteiger partial charge in [0.25, 0.3) is 11.8 Å². The SMILES string of the molecule is COc1ccc2c(c1)C(=O)N(C[C@@]1(C#Cc3ccc4c(c3)OCO4)NC(=O)NC1=O)C2. The number of hydrogen-bond acceptors (Lipinski definition) is 6.